The third kappa shape index (κ3) is 7.82. The number of aromatic nitrogens is 5. The SMILES string of the molecule is COCCOc1nc(-c2ccccc2C(F)(F)F)cc2[nH]c(-c3c(Cl)c(C(C)(C)C)nn3C)nc12.O=S(=O)(O)c1ccccc1. The van der Waals surface area contributed by atoms with Crippen molar-refractivity contribution >= 4 is 32.8 Å². The van der Waals surface area contributed by atoms with Crippen molar-refractivity contribution in [3.63, 3.8) is 0 Å². The first kappa shape index (κ1) is 33.9. The van der Waals surface area contributed by atoms with E-state index in [-0.39, 0.29) is 40.7 Å². The van der Waals surface area contributed by atoms with E-state index in [1.165, 1.54) is 43.5 Å². The first-order valence-electron chi connectivity index (χ1n) is 13.5. The molecule has 2 N–H and O–H groups in total. The zero-order valence-electron chi connectivity index (χ0n) is 25.0. The minimum absolute atomic E-state index is 0.0665. The first-order chi connectivity index (χ1) is 21.0. The number of hydrogen-bond donors (Lipinski definition) is 2. The Hall–Kier alpha value is -3.98. The molecule has 3 aromatic heterocycles. The zero-order chi connectivity index (χ0) is 33.2. The number of ether oxygens (including phenoxy) is 2. The molecule has 0 amide bonds. The lowest BCUT2D eigenvalue weighted by atomic mass is 9.92. The van der Waals surface area contributed by atoms with E-state index < -0.39 is 21.9 Å². The molecule has 0 bridgehead atoms. The van der Waals surface area contributed by atoms with Gasteiger partial charge in [0.05, 0.1) is 39.0 Å². The van der Waals surface area contributed by atoms with Crippen molar-refractivity contribution in [1.29, 1.82) is 0 Å². The quantitative estimate of drug-likeness (QED) is 0.141. The normalized spacial score (nSPS) is 12.2. The molecule has 0 atom stereocenters. The molecule has 0 saturated heterocycles. The molecule has 240 valence electrons. The highest BCUT2D eigenvalue weighted by Crippen LogP contribution is 2.40. The van der Waals surface area contributed by atoms with Crippen LogP contribution in [-0.4, -0.2) is 58.0 Å². The lowest BCUT2D eigenvalue weighted by Crippen LogP contribution is -2.12. The second-order valence-corrected chi connectivity index (χ2v) is 12.7. The van der Waals surface area contributed by atoms with Crippen LogP contribution in [0.3, 0.4) is 0 Å². The van der Waals surface area contributed by atoms with Gasteiger partial charge in [-0.15, -0.1) is 0 Å². The molecule has 3 heterocycles. The zero-order valence-corrected chi connectivity index (χ0v) is 26.5. The van der Waals surface area contributed by atoms with Gasteiger partial charge in [-0.3, -0.25) is 9.23 Å². The van der Waals surface area contributed by atoms with E-state index in [1.807, 2.05) is 20.8 Å². The molecule has 2 aromatic carbocycles. The predicted molar refractivity (Wildman–Crippen MR) is 164 cm³/mol. The summed E-state index contributed by atoms with van der Waals surface area (Å²) in [6, 6.07) is 14.2. The molecule has 0 saturated carbocycles. The summed E-state index contributed by atoms with van der Waals surface area (Å²) in [6.07, 6.45) is -4.55. The lowest BCUT2D eigenvalue weighted by Gasteiger charge is -2.15. The van der Waals surface area contributed by atoms with Crippen molar-refractivity contribution in [3.05, 3.63) is 76.9 Å². The van der Waals surface area contributed by atoms with Crippen LogP contribution in [0.15, 0.2) is 65.6 Å². The number of halogens is 4. The largest absolute Gasteiger partial charge is 0.474 e. The number of nitrogens with one attached hydrogen (secondary N) is 1. The first-order valence-corrected chi connectivity index (χ1v) is 15.3. The Morgan fingerprint density at radius 2 is 1.64 bits per heavy atom. The standard InChI is InChI=1S/C24H25ClF3N5O2.C6H6O3S/c1-23(2,3)20-17(25)19(33(4)32-20)21-29-16-12-15(13-8-6-7-9-14(13)24(26,27)28)30-22(18(16)31-21)35-11-10-34-5;7-10(8,9)6-4-2-1-3-5-6/h6-9,12H,10-11H2,1-5H3,(H,29,31);1-5H,(H,7,8,9). The van der Waals surface area contributed by atoms with E-state index in [2.05, 4.69) is 20.1 Å². The van der Waals surface area contributed by atoms with Crippen molar-refractivity contribution in [2.45, 2.75) is 37.3 Å². The van der Waals surface area contributed by atoms with Crippen molar-refractivity contribution in [2.24, 2.45) is 7.05 Å². The third-order valence-electron chi connectivity index (χ3n) is 6.44. The second kappa shape index (κ2) is 13.2. The van der Waals surface area contributed by atoms with Gasteiger partial charge in [-0.2, -0.15) is 26.7 Å². The number of H-pyrrole nitrogens is 1. The minimum Gasteiger partial charge on any atom is -0.474 e. The van der Waals surface area contributed by atoms with Gasteiger partial charge in [0.2, 0.25) is 5.88 Å². The highest BCUT2D eigenvalue weighted by Gasteiger charge is 2.34. The molecule has 15 heteroatoms. The molecule has 5 rings (SSSR count). The number of hydrogen-bond acceptors (Lipinski definition) is 7. The van der Waals surface area contributed by atoms with Crippen molar-refractivity contribution in [1.82, 2.24) is 24.7 Å². The van der Waals surface area contributed by atoms with Gasteiger partial charge in [-0.25, -0.2) is 9.97 Å². The van der Waals surface area contributed by atoms with Gasteiger partial charge in [-0.05, 0) is 24.3 Å². The maximum Gasteiger partial charge on any atom is 0.417 e. The van der Waals surface area contributed by atoms with Gasteiger partial charge in [-0.1, -0.05) is 68.8 Å². The summed E-state index contributed by atoms with van der Waals surface area (Å²) >= 11 is 6.68. The summed E-state index contributed by atoms with van der Waals surface area (Å²) < 4.78 is 82.7. The monoisotopic (exact) mass is 665 g/mol. The fourth-order valence-electron chi connectivity index (χ4n) is 4.34. The average Bonchev–Trinajstić information content (AvgIpc) is 3.52. The van der Waals surface area contributed by atoms with Gasteiger partial charge in [0.25, 0.3) is 10.1 Å². The number of benzene rings is 2. The summed E-state index contributed by atoms with van der Waals surface area (Å²) in [4.78, 5) is 12.1. The van der Waals surface area contributed by atoms with Crippen LogP contribution >= 0.6 is 11.6 Å². The van der Waals surface area contributed by atoms with Crippen LogP contribution in [0.4, 0.5) is 13.2 Å². The van der Waals surface area contributed by atoms with Crippen LogP contribution in [0, 0.1) is 0 Å². The number of nitrogens with zero attached hydrogens (tertiary/aromatic N) is 4. The number of imidazole rings is 1. The molecular formula is C30H31ClF3N5O5S. The molecule has 0 fully saturated rings. The van der Waals surface area contributed by atoms with E-state index in [1.54, 1.807) is 29.9 Å². The second-order valence-electron chi connectivity index (χ2n) is 10.9. The molecule has 0 unspecified atom stereocenters. The molecule has 0 aliphatic heterocycles. The lowest BCUT2D eigenvalue weighted by molar-refractivity contribution is -0.137. The molecule has 0 aliphatic carbocycles. The minimum atomic E-state index is -4.55. The number of fused-ring (bicyclic) bond motifs is 1. The molecule has 5 aromatic rings. The number of methoxy groups -OCH3 is 1. The third-order valence-corrected chi connectivity index (χ3v) is 7.66. The highest BCUT2D eigenvalue weighted by atomic mass is 35.5. The van der Waals surface area contributed by atoms with Crippen LogP contribution in [0.25, 0.3) is 33.8 Å². The Bertz CT molecular complexity index is 1900. The number of pyridine rings is 1. The van der Waals surface area contributed by atoms with Crippen molar-refractivity contribution in [2.75, 3.05) is 20.3 Å². The van der Waals surface area contributed by atoms with E-state index in [0.29, 0.717) is 33.3 Å². The summed E-state index contributed by atoms with van der Waals surface area (Å²) in [6.45, 7) is 6.41. The molecule has 0 spiro atoms. The van der Waals surface area contributed by atoms with Gasteiger partial charge in [0.1, 0.15) is 12.3 Å². The van der Waals surface area contributed by atoms with Crippen molar-refractivity contribution in [3.8, 4) is 28.7 Å². The number of alkyl halides is 3. The molecule has 10 nitrogen and oxygen atoms in total. The van der Waals surface area contributed by atoms with Crippen LogP contribution in [0.2, 0.25) is 5.02 Å². The van der Waals surface area contributed by atoms with Crippen LogP contribution in [0.1, 0.15) is 32.0 Å². The van der Waals surface area contributed by atoms with Crippen molar-refractivity contribution < 1.29 is 35.6 Å². The summed E-state index contributed by atoms with van der Waals surface area (Å²) in [5, 5.41) is 4.99. The van der Waals surface area contributed by atoms with Gasteiger partial charge < -0.3 is 14.5 Å². The number of rotatable bonds is 7. The fourth-order valence-corrected chi connectivity index (χ4v) is 5.37. The Morgan fingerprint density at radius 1 is 1.00 bits per heavy atom. The average molecular weight is 666 g/mol. The molecular weight excluding hydrogens is 635 g/mol. The number of aromatic amines is 1. The summed E-state index contributed by atoms with van der Waals surface area (Å²) in [7, 11) is -0.730. The Balaban J connectivity index is 0.000000392. The highest BCUT2D eigenvalue weighted by molar-refractivity contribution is 7.85. The van der Waals surface area contributed by atoms with Crippen LogP contribution < -0.4 is 4.74 Å². The van der Waals surface area contributed by atoms with Gasteiger partial charge >= 0.3 is 6.18 Å². The maximum absolute atomic E-state index is 13.7. The summed E-state index contributed by atoms with van der Waals surface area (Å²) in [5.74, 6) is 0.485. The topological polar surface area (TPSA) is 132 Å². The Morgan fingerprint density at radius 3 is 2.20 bits per heavy atom. The molecule has 0 radical (unpaired) electrons. The maximum atomic E-state index is 13.7. The van der Waals surface area contributed by atoms with Crippen LogP contribution in [0.5, 0.6) is 5.88 Å². The summed E-state index contributed by atoms with van der Waals surface area (Å²) in [5.41, 5.74) is 0.993. The predicted octanol–water partition coefficient (Wildman–Crippen LogP) is 6.95. The van der Waals surface area contributed by atoms with E-state index >= 15 is 0 Å². The van der Waals surface area contributed by atoms with Gasteiger partial charge in [0.15, 0.2) is 11.3 Å². The van der Waals surface area contributed by atoms with E-state index in [9.17, 15) is 21.6 Å². The Kier molecular flexibility index (Phi) is 9.92. The van der Waals surface area contributed by atoms with E-state index in [0.717, 1.165) is 6.07 Å². The van der Waals surface area contributed by atoms with Gasteiger partial charge in [0, 0.05) is 25.1 Å². The molecule has 0 aliphatic rings. The Labute approximate surface area is 262 Å². The number of aryl methyl sites for hydroxylation is 1. The smallest absolute Gasteiger partial charge is 0.417 e. The van der Waals surface area contributed by atoms with Crippen LogP contribution in [-0.2, 0) is 33.5 Å². The fraction of sp³-hybridized carbons (Fsp3) is 0.300. The molecule has 45 heavy (non-hydrogen) atoms. The van der Waals surface area contributed by atoms with E-state index in [4.69, 9.17) is 25.6 Å².